The molecule has 0 aliphatic rings. The van der Waals surface area contributed by atoms with Crippen molar-refractivity contribution in [3.8, 4) is 11.1 Å². The van der Waals surface area contributed by atoms with Gasteiger partial charge in [-0.15, -0.1) is 0 Å². The van der Waals surface area contributed by atoms with E-state index in [1.54, 1.807) is 24.3 Å². The van der Waals surface area contributed by atoms with Crippen LogP contribution in [-0.2, 0) is 4.79 Å². The summed E-state index contributed by atoms with van der Waals surface area (Å²) in [6, 6.07) is 15.3. The predicted octanol–water partition coefficient (Wildman–Crippen LogP) is 0.950. The van der Waals surface area contributed by atoms with Crippen molar-refractivity contribution in [2.75, 3.05) is 6.61 Å². The number of aliphatic hydroxyl groups excluding tert-OH is 1. The van der Waals surface area contributed by atoms with Crippen molar-refractivity contribution in [2.45, 2.75) is 6.04 Å². The standard InChI is InChI=1S/C16H16N2O4/c19-10-14(16(21)18-22)17-15(20)13-8-6-12(7-9-13)11-4-2-1-3-5-11/h1-9,14,19,22H,10H2,(H,17,20)(H,18,21)/t14-/m0/s1. The van der Waals surface area contributed by atoms with E-state index in [9.17, 15) is 9.59 Å². The normalized spacial score (nSPS) is 11.5. The van der Waals surface area contributed by atoms with Crippen molar-refractivity contribution >= 4 is 11.8 Å². The summed E-state index contributed by atoms with van der Waals surface area (Å²) in [7, 11) is 0. The SMILES string of the molecule is O=C(N[C@@H](CO)C(=O)NO)c1ccc(-c2ccccc2)cc1. The highest BCUT2D eigenvalue weighted by molar-refractivity contribution is 5.97. The number of hydrogen-bond acceptors (Lipinski definition) is 4. The summed E-state index contributed by atoms with van der Waals surface area (Å²) in [6.45, 7) is -0.611. The minimum atomic E-state index is -1.20. The minimum Gasteiger partial charge on any atom is -0.394 e. The molecule has 0 saturated carbocycles. The zero-order chi connectivity index (χ0) is 15.9. The molecule has 2 amide bonds. The molecule has 0 bridgehead atoms. The van der Waals surface area contributed by atoms with E-state index in [0.717, 1.165) is 11.1 Å². The number of carbonyl (C=O) groups is 2. The Balaban J connectivity index is 2.10. The second kappa shape index (κ2) is 7.35. The zero-order valence-corrected chi connectivity index (χ0v) is 11.7. The molecule has 4 N–H and O–H groups in total. The third-order valence-corrected chi connectivity index (χ3v) is 3.17. The van der Waals surface area contributed by atoms with Crippen LogP contribution >= 0.6 is 0 Å². The van der Waals surface area contributed by atoms with Gasteiger partial charge in [-0.3, -0.25) is 14.8 Å². The second-order valence-corrected chi connectivity index (χ2v) is 4.63. The fourth-order valence-electron chi connectivity index (χ4n) is 1.96. The number of benzene rings is 2. The van der Waals surface area contributed by atoms with Crippen LogP contribution in [0.1, 0.15) is 10.4 Å². The zero-order valence-electron chi connectivity index (χ0n) is 11.7. The Morgan fingerprint density at radius 3 is 2.09 bits per heavy atom. The molecule has 0 aliphatic carbocycles. The lowest BCUT2D eigenvalue weighted by molar-refractivity contribution is -0.132. The highest BCUT2D eigenvalue weighted by atomic mass is 16.5. The average molecular weight is 300 g/mol. The number of hydrogen-bond donors (Lipinski definition) is 4. The lowest BCUT2D eigenvalue weighted by Crippen LogP contribution is -2.48. The molecule has 0 unspecified atom stereocenters. The summed E-state index contributed by atoms with van der Waals surface area (Å²) in [6.07, 6.45) is 0. The van der Waals surface area contributed by atoms with Crippen LogP contribution in [0.15, 0.2) is 54.6 Å². The first-order valence-corrected chi connectivity index (χ1v) is 6.67. The summed E-state index contributed by atoms with van der Waals surface area (Å²) >= 11 is 0. The summed E-state index contributed by atoms with van der Waals surface area (Å²) in [5.74, 6) is -1.39. The molecule has 114 valence electrons. The molecule has 6 heteroatoms. The quantitative estimate of drug-likeness (QED) is 0.488. The third-order valence-electron chi connectivity index (χ3n) is 3.17. The third kappa shape index (κ3) is 3.69. The van der Waals surface area contributed by atoms with Crippen molar-refractivity contribution in [2.24, 2.45) is 0 Å². The maximum absolute atomic E-state index is 12.0. The Kier molecular flexibility index (Phi) is 5.24. The molecule has 0 aromatic heterocycles. The van der Waals surface area contributed by atoms with Crippen LogP contribution in [-0.4, -0.2) is 34.8 Å². The van der Waals surface area contributed by atoms with E-state index >= 15 is 0 Å². The van der Waals surface area contributed by atoms with Crippen molar-refractivity contribution in [1.29, 1.82) is 0 Å². The van der Waals surface area contributed by atoms with Crippen LogP contribution in [0, 0.1) is 0 Å². The first-order valence-electron chi connectivity index (χ1n) is 6.67. The second-order valence-electron chi connectivity index (χ2n) is 4.63. The van der Waals surface area contributed by atoms with Gasteiger partial charge < -0.3 is 10.4 Å². The molecule has 2 aromatic rings. The molecule has 0 aliphatic heterocycles. The van der Waals surface area contributed by atoms with Crippen LogP contribution in [0.4, 0.5) is 0 Å². The lowest BCUT2D eigenvalue weighted by Gasteiger charge is -2.14. The van der Waals surface area contributed by atoms with Crippen molar-refractivity contribution < 1.29 is 19.9 Å². The Morgan fingerprint density at radius 1 is 0.955 bits per heavy atom. The van der Waals surface area contributed by atoms with Gasteiger partial charge >= 0.3 is 0 Å². The molecular formula is C16H16N2O4. The average Bonchev–Trinajstić information content (AvgIpc) is 2.59. The molecule has 0 heterocycles. The molecule has 22 heavy (non-hydrogen) atoms. The number of amides is 2. The smallest absolute Gasteiger partial charge is 0.268 e. The molecule has 0 radical (unpaired) electrons. The predicted molar refractivity (Wildman–Crippen MR) is 80.1 cm³/mol. The highest BCUT2D eigenvalue weighted by Crippen LogP contribution is 2.19. The summed E-state index contributed by atoms with van der Waals surface area (Å²) < 4.78 is 0. The maximum atomic E-state index is 12.0. The van der Waals surface area contributed by atoms with E-state index in [0.29, 0.717) is 5.56 Å². The summed E-state index contributed by atoms with van der Waals surface area (Å²) in [4.78, 5) is 23.2. The van der Waals surface area contributed by atoms with Gasteiger partial charge in [0, 0.05) is 5.56 Å². The van der Waals surface area contributed by atoms with Gasteiger partial charge in [-0.1, -0.05) is 42.5 Å². The Labute approximate surface area is 127 Å². The molecular weight excluding hydrogens is 284 g/mol. The Morgan fingerprint density at radius 2 is 1.55 bits per heavy atom. The highest BCUT2D eigenvalue weighted by Gasteiger charge is 2.19. The van der Waals surface area contributed by atoms with E-state index in [1.165, 1.54) is 5.48 Å². The molecule has 0 spiro atoms. The summed E-state index contributed by atoms with van der Waals surface area (Å²) in [5, 5.41) is 19.9. The first-order chi connectivity index (χ1) is 10.7. The van der Waals surface area contributed by atoms with Gasteiger partial charge in [-0.05, 0) is 23.3 Å². The van der Waals surface area contributed by atoms with Crippen LogP contribution in [0.5, 0.6) is 0 Å². The number of nitrogens with one attached hydrogen (secondary N) is 2. The molecule has 0 saturated heterocycles. The maximum Gasteiger partial charge on any atom is 0.268 e. The summed E-state index contributed by atoms with van der Waals surface area (Å²) in [5.41, 5.74) is 3.73. The van der Waals surface area contributed by atoms with Gasteiger partial charge in [0.15, 0.2) is 0 Å². The van der Waals surface area contributed by atoms with Gasteiger partial charge in [-0.25, -0.2) is 5.48 Å². The van der Waals surface area contributed by atoms with E-state index in [4.69, 9.17) is 10.3 Å². The van der Waals surface area contributed by atoms with Crippen molar-refractivity contribution in [3.05, 3.63) is 60.2 Å². The van der Waals surface area contributed by atoms with Crippen molar-refractivity contribution in [3.63, 3.8) is 0 Å². The topological polar surface area (TPSA) is 98.7 Å². The lowest BCUT2D eigenvalue weighted by atomic mass is 10.0. The fraction of sp³-hybridized carbons (Fsp3) is 0.125. The molecule has 1 atom stereocenters. The fourth-order valence-corrected chi connectivity index (χ4v) is 1.96. The largest absolute Gasteiger partial charge is 0.394 e. The minimum absolute atomic E-state index is 0.351. The number of aliphatic hydroxyl groups is 1. The van der Waals surface area contributed by atoms with E-state index in [1.807, 2.05) is 30.3 Å². The van der Waals surface area contributed by atoms with Gasteiger partial charge in [0.2, 0.25) is 0 Å². The monoisotopic (exact) mass is 300 g/mol. The Hall–Kier alpha value is -2.70. The van der Waals surface area contributed by atoms with Crippen LogP contribution < -0.4 is 10.8 Å². The van der Waals surface area contributed by atoms with E-state index in [2.05, 4.69) is 5.32 Å². The molecule has 2 aromatic carbocycles. The van der Waals surface area contributed by atoms with Crippen molar-refractivity contribution in [1.82, 2.24) is 10.8 Å². The van der Waals surface area contributed by atoms with Crippen LogP contribution in [0.3, 0.4) is 0 Å². The van der Waals surface area contributed by atoms with Gasteiger partial charge in [0.1, 0.15) is 6.04 Å². The Bertz CT molecular complexity index is 641. The molecule has 2 rings (SSSR count). The van der Waals surface area contributed by atoms with E-state index in [-0.39, 0.29) is 0 Å². The first kappa shape index (κ1) is 15.7. The number of carbonyl (C=O) groups excluding carboxylic acids is 2. The molecule has 6 nitrogen and oxygen atoms in total. The van der Waals surface area contributed by atoms with Gasteiger partial charge in [0.05, 0.1) is 6.61 Å². The number of rotatable bonds is 5. The van der Waals surface area contributed by atoms with Crippen LogP contribution in [0.2, 0.25) is 0 Å². The van der Waals surface area contributed by atoms with Gasteiger partial charge in [0.25, 0.3) is 11.8 Å². The van der Waals surface area contributed by atoms with Crippen LogP contribution in [0.25, 0.3) is 11.1 Å². The van der Waals surface area contributed by atoms with Gasteiger partial charge in [-0.2, -0.15) is 0 Å². The number of hydroxylamine groups is 1. The van der Waals surface area contributed by atoms with E-state index < -0.39 is 24.5 Å². The molecule has 0 fully saturated rings.